The number of hydrogen-bond donors (Lipinski definition) is 1. The highest BCUT2D eigenvalue weighted by Crippen LogP contribution is 2.30. The molecule has 1 aliphatic rings. The number of fused-ring (bicyclic) bond motifs is 1. The van der Waals surface area contributed by atoms with E-state index in [1.54, 1.807) is 6.07 Å². The first-order valence-corrected chi connectivity index (χ1v) is 4.37. The summed E-state index contributed by atoms with van der Waals surface area (Å²) < 4.78 is 13.1. The average molecular weight is 186 g/mol. The Labute approximate surface area is 75.5 Å². The van der Waals surface area contributed by atoms with Crippen molar-refractivity contribution in [2.45, 2.75) is 12.8 Å². The van der Waals surface area contributed by atoms with Crippen LogP contribution in [0.1, 0.15) is 12.0 Å². The highest BCUT2D eigenvalue weighted by atomic mass is 35.5. The fraction of sp³-hybridized carbons (Fsp3) is 0.333. The molecule has 3 heteroatoms. The minimum absolute atomic E-state index is 0.200. The van der Waals surface area contributed by atoms with Gasteiger partial charge in [0.15, 0.2) is 0 Å². The quantitative estimate of drug-likeness (QED) is 0.656. The smallest absolute Gasteiger partial charge is 0.146 e. The van der Waals surface area contributed by atoms with Gasteiger partial charge in [-0.15, -0.1) is 0 Å². The second-order valence-corrected chi connectivity index (χ2v) is 3.32. The molecular formula is C9H9ClFN. The molecule has 1 aromatic rings. The van der Waals surface area contributed by atoms with Gasteiger partial charge in [0.2, 0.25) is 0 Å². The van der Waals surface area contributed by atoms with E-state index in [-0.39, 0.29) is 5.82 Å². The van der Waals surface area contributed by atoms with E-state index in [2.05, 4.69) is 5.32 Å². The van der Waals surface area contributed by atoms with E-state index < -0.39 is 0 Å². The lowest BCUT2D eigenvalue weighted by Gasteiger charge is -2.19. The molecule has 0 bridgehead atoms. The maximum atomic E-state index is 13.1. The minimum atomic E-state index is -0.200. The maximum Gasteiger partial charge on any atom is 0.146 e. The van der Waals surface area contributed by atoms with Gasteiger partial charge in [0.25, 0.3) is 0 Å². The van der Waals surface area contributed by atoms with Gasteiger partial charge in [-0.05, 0) is 30.5 Å². The van der Waals surface area contributed by atoms with Crippen molar-refractivity contribution < 1.29 is 4.39 Å². The predicted molar refractivity (Wildman–Crippen MR) is 48.2 cm³/mol. The van der Waals surface area contributed by atoms with Crippen LogP contribution in [0.25, 0.3) is 0 Å². The van der Waals surface area contributed by atoms with E-state index in [4.69, 9.17) is 11.6 Å². The largest absolute Gasteiger partial charge is 0.382 e. The summed E-state index contributed by atoms with van der Waals surface area (Å²) >= 11 is 5.91. The Balaban J connectivity index is 2.57. The minimum Gasteiger partial charge on any atom is -0.382 e. The normalized spacial score (nSPS) is 15.2. The molecule has 0 spiro atoms. The Hall–Kier alpha value is -0.760. The third-order valence-corrected chi connectivity index (χ3v) is 2.46. The van der Waals surface area contributed by atoms with Gasteiger partial charge in [-0.3, -0.25) is 0 Å². The number of anilines is 1. The van der Waals surface area contributed by atoms with E-state index in [0.29, 0.717) is 10.7 Å². The standard InChI is InChI=1S/C9H9ClFN/c10-7-3-4-8(11)9-6(7)2-1-5-12-9/h3-4,12H,1-2,5H2. The Morgan fingerprint density at radius 3 is 3.00 bits per heavy atom. The molecule has 1 heterocycles. The van der Waals surface area contributed by atoms with Crippen molar-refractivity contribution in [2.75, 3.05) is 11.9 Å². The molecule has 0 aromatic heterocycles. The third-order valence-electron chi connectivity index (χ3n) is 2.11. The Morgan fingerprint density at radius 1 is 1.42 bits per heavy atom. The summed E-state index contributed by atoms with van der Waals surface area (Å²) in [6.07, 6.45) is 1.90. The van der Waals surface area contributed by atoms with Gasteiger partial charge >= 0.3 is 0 Å². The summed E-state index contributed by atoms with van der Waals surface area (Å²) in [5, 5.41) is 3.68. The van der Waals surface area contributed by atoms with Crippen molar-refractivity contribution in [3.63, 3.8) is 0 Å². The Morgan fingerprint density at radius 2 is 2.25 bits per heavy atom. The van der Waals surface area contributed by atoms with E-state index in [1.165, 1.54) is 6.07 Å². The van der Waals surface area contributed by atoms with Crippen LogP contribution < -0.4 is 5.32 Å². The summed E-state index contributed by atoms with van der Waals surface area (Å²) in [7, 11) is 0. The molecule has 1 N–H and O–H groups in total. The number of benzene rings is 1. The van der Waals surface area contributed by atoms with Crippen LogP contribution >= 0.6 is 11.6 Å². The summed E-state index contributed by atoms with van der Waals surface area (Å²) in [6.45, 7) is 0.838. The van der Waals surface area contributed by atoms with Gasteiger partial charge in [-0.1, -0.05) is 11.6 Å². The van der Waals surface area contributed by atoms with Gasteiger partial charge in [0, 0.05) is 11.6 Å². The first-order valence-electron chi connectivity index (χ1n) is 4.00. The number of hydrogen-bond acceptors (Lipinski definition) is 1. The highest BCUT2D eigenvalue weighted by molar-refractivity contribution is 6.31. The van der Waals surface area contributed by atoms with Gasteiger partial charge in [-0.25, -0.2) is 4.39 Å². The van der Waals surface area contributed by atoms with Crippen molar-refractivity contribution in [3.8, 4) is 0 Å². The first-order chi connectivity index (χ1) is 5.79. The molecule has 0 radical (unpaired) electrons. The molecule has 0 saturated heterocycles. The van der Waals surface area contributed by atoms with Crippen LogP contribution in [0.5, 0.6) is 0 Å². The van der Waals surface area contributed by atoms with Crippen LogP contribution in [0, 0.1) is 5.82 Å². The average Bonchev–Trinajstić information content (AvgIpc) is 2.12. The second kappa shape index (κ2) is 2.94. The number of rotatable bonds is 0. The van der Waals surface area contributed by atoms with Crippen LogP contribution in [-0.2, 0) is 6.42 Å². The zero-order valence-corrected chi connectivity index (χ0v) is 7.29. The van der Waals surface area contributed by atoms with Gasteiger partial charge < -0.3 is 5.32 Å². The second-order valence-electron chi connectivity index (χ2n) is 2.91. The monoisotopic (exact) mass is 185 g/mol. The third kappa shape index (κ3) is 1.16. The highest BCUT2D eigenvalue weighted by Gasteiger charge is 2.15. The molecule has 0 atom stereocenters. The molecule has 1 aromatic carbocycles. The maximum absolute atomic E-state index is 13.1. The molecule has 1 aliphatic heterocycles. The van der Waals surface area contributed by atoms with Gasteiger partial charge in [-0.2, -0.15) is 0 Å². The molecular weight excluding hydrogens is 177 g/mol. The number of halogens is 2. The summed E-state index contributed by atoms with van der Waals surface area (Å²) in [5.74, 6) is -0.200. The van der Waals surface area contributed by atoms with Crippen molar-refractivity contribution in [3.05, 3.63) is 28.5 Å². The summed E-state index contributed by atoms with van der Waals surface area (Å²) in [4.78, 5) is 0. The van der Waals surface area contributed by atoms with Crippen LogP contribution in [0.2, 0.25) is 5.02 Å². The fourth-order valence-electron chi connectivity index (χ4n) is 1.51. The van der Waals surface area contributed by atoms with Crippen LogP contribution in [0.4, 0.5) is 10.1 Å². The Kier molecular flexibility index (Phi) is 1.93. The van der Waals surface area contributed by atoms with E-state index in [9.17, 15) is 4.39 Å². The molecule has 1 nitrogen and oxygen atoms in total. The van der Waals surface area contributed by atoms with E-state index in [1.807, 2.05) is 0 Å². The van der Waals surface area contributed by atoms with Crippen molar-refractivity contribution in [1.82, 2.24) is 0 Å². The zero-order chi connectivity index (χ0) is 8.55. The fourth-order valence-corrected chi connectivity index (χ4v) is 1.76. The topological polar surface area (TPSA) is 12.0 Å². The Bertz CT molecular complexity index is 281. The van der Waals surface area contributed by atoms with Crippen LogP contribution in [-0.4, -0.2) is 6.54 Å². The van der Waals surface area contributed by atoms with Crippen LogP contribution in [0.3, 0.4) is 0 Å². The van der Waals surface area contributed by atoms with Crippen molar-refractivity contribution in [1.29, 1.82) is 0 Å². The first kappa shape index (κ1) is 7.87. The molecule has 12 heavy (non-hydrogen) atoms. The lowest BCUT2D eigenvalue weighted by atomic mass is 10.0. The molecule has 0 fully saturated rings. The van der Waals surface area contributed by atoms with Gasteiger partial charge in [0.1, 0.15) is 5.82 Å². The van der Waals surface area contributed by atoms with Crippen molar-refractivity contribution >= 4 is 17.3 Å². The molecule has 0 unspecified atom stereocenters. The van der Waals surface area contributed by atoms with Gasteiger partial charge in [0.05, 0.1) is 5.69 Å². The van der Waals surface area contributed by atoms with E-state index >= 15 is 0 Å². The lowest BCUT2D eigenvalue weighted by Crippen LogP contribution is -2.13. The molecule has 2 rings (SSSR count). The SMILES string of the molecule is Fc1ccc(Cl)c2c1NCCC2. The summed E-state index contributed by atoms with van der Waals surface area (Å²) in [6, 6.07) is 3.02. The predicted octanol–water partition coefficient (Wildman–Crippen LogP) is 2.84. The van der Waals surface area contributed by atoms with E-state index in [0.717, 1.165) is 24.9 Å². The molecule has 64 valence electrons. The molecule has 0 amide bonds. The number of nitrogens with one attached hydrogen (secondary N) is 1. The summed E-state index contributed by atoms with van der Waals surface area (Å²) in [5.41, 5.74) is 1.51. The molecule has 0 saturated carbocycles. The lowest BCUT2D eigenvalue weighted by molar-refractivity contribution is 0.623. The van der Waals surface area contributed by atoms with Crippen molar-refractivity contribution in [2.24, 2.45) is 0 Å². The van der Waals surface area contributed by atoms with Crippen LogP contribution in [0.15, 0.2) is 12.1 Å². The zero-order valence-electron chi connectivity index (χ0n) is 6.53. The molecule has 0 aliphatic carbocycles.